The maximum absolute atomic E-state index is 10.9. The van der Waals surface area contributed by atoms with Crippen LogP contribution in [-0.4, -0.2) is 21.0 Å². The summed E-state index contributed by atoms with van der Waals surface area (Å²) in [4.78, 5) is 19.3. The molecular weight excluding hydrogens is 312 g/mol. The molecule has 0 saturated heterocycles. The van der Waals surface area contributed by atoms with E-state index in [1.54, 1.807) is 0 Å². The Hall–Kier alpha value is -2.49. The monoisotopic (exact) mass is 336 g/mol. The molecule has 3 rings (SSSR count). The summed E-state index contributed by atoms with van der Waals surface area (Å²) in [5.41, 5.74) is 4.79. The van der Waals surface area contributed by atoms with Crippen LogP contribution in [0.5, 0.6) is 0 Å². The lowest BCUT2D eigenvalue weighted by atomic mass is 9.63. The van der Waals surface area contributed by atoms with E-state index in [4.69, 9.17) is 5.11 Å². The Labute approximate surface area is 148 Å². The third kappa shape index (κ3) is 3.09. The molecule has 0 spiro atoms. The lowest BCUT2D eigenvalue weighted by Crippen LogP contribution is -2.33. The highest BCUT2D eigenvalue weighted by molar-refractivity contribution is 5.87. The van der Waals surface area contributed by atoms with Crippen LogP contribution in [0.1, 0.15) is 73.4 Å². The minimum atomic E-state index is -1.03. The third-order valence-corrected chi connectivity index (χ3v) is 5.37. The number of fused-ring (bicyclic) bond motifs is 1. The number of hydrogen-bond donors (Lipinski definition) is 1. The van der Waals surface area contributed by atoms with Gasteiger partial charge in [-0.1, -0.05) is 52.5 Å². The first-order valence-corrected chi connectivity index (χ1v) is 8.52. The van der Waals surface area contributed by atoms with Crippen molar-refractivity contribution < 1.29 is 9.90 Å². The highest BCUT2D eigenvalue weighted by Crippen LogP contribution is 2.46. The number of aromatic carboxylic acids is 1. The third-order valence-electron chi connectivity index (χ3n) is 5.37. The van der Waals surface area contributed by atoms with Crippen LogP contribution < -0.4 is 0 Å². The van der Waals surface area contributed by atoms with Crippen molar-refractivity contribution in [1.82, 2.24) is 9.97 Å². The zero-order chi connectivity index (χ0) is 18.4. The van der Waals surface area contributed by atoms with Crippen molar-refractivity contribution in [2.75, 3.05) is 0 Å². The Morgan fingerprint density at radius 3 is 2.12 bits per heavy atom. The van der Waals surface area contributed by atoms with Gasteiger partial charge in [0, 0.05) is 18.0 Å². The topological polar surface area (TPSA) is 63.1 Å². The fourth-order valence-corrected chi connectivity index (χ4v) is 3.50. The van der Waals surface area contributed by atoms with E-state index < -0.39 is 5.97 Å². The number of carbonyl (C=O) groups is 1. The summed E-state index contributed by atoms with van der Waals surface area (Å²) < 4.78 is 0. The standard InChI is InChI=1S/C21H24N2O2/c1-13(18-22-11-15(12-23-18)19(24)25)14-6-7-16-17(10-14)21(4,5)9-8-20(16,2)3/h6-7,10-12H,1,8-9H2,2-5H3,(H,24,25). The number of rotatable bonds is 3. The number of nitrogens with zero attached hydrogens (tertiary/aromatic N) is 2. The van der Waals surface area contributed by atoms with Crippen LogP contribution >= 0.6 is 0 Å². The van der Waals surface area contributed by atoms with Crippen LogP contribution in [0, 0.1) is 0 Å². The van der Waals surface area contributed by atoms with Gasteiger partial charge in [-0.2, -0.15) is 0 Å². The van der Waals surface area contributed by atoms with Crippen molar-refractivity contribution in [2.45, 2.75) is 51.4 Å². The van der Waals surface area contributed by atoms with E-state index in [9.17, 15) is 4.79 Å². The fourth-order valence-electron chi connectivity index (χ4n) is 3.50. The molecule has 0 saturated carbocycles. The maximum Gasteiger partial charge on any atom is 0.338 e. The van der Waals surface area contributed by atoms with Gasteiger partial charge < -0.3 is 5.11 Å². The van der Waals surface area contributed by atoms with E-state index in [0.717, 1.165) is 12.0 Å². The first-order valence-electron chi connectivity index (χ1n) is 8.52. The van der Waals surface area contributed by atoms with Gasteiger partial charge in [-0.05, 0) is 40.4 Å². The summed E-state index contributed by atoms with van der Waals surface area (Å²) >= 11 is 0. The van der Waals surface area contributed by atoms with Gasteiger partial charge in [-0.15, -0.1) is 0 Å². The van der Waals surface area contributed by atoms with Crippen molar-refractivity contribution in [1.29, 1.82) is 0 Å². The van der Waals surface area contributed by atoms with Crippen molar-refractivity contribution in [2.24, 2.45) is 0 Å². The van der Waals surface area contributed by atoms with E-state index in [0.29, 0.717) is 11.4 Å². The van der Waals surface area contributed by atoms with Crippen molar-refractivity contribution in [3.8, 4) is 0 Å². The second-order valence-electron chi connectivity index (χ2n) is 8.11. The second-order valence-corrected chi connectivity index (χ2v) is 8.11. The summed E-state index contributed by atoms with van der Waals surface area (Å²) in [6.07, 6.45) is 4.96. The molecule has 25 heavy (non-hydrogen) atoms. The molecule has 0 bridgehead atoms. The Morgan fingerprint density at radius 1 is 1.00 bits per heavy atom. The van der Waals surface area contributed by atoms with Gasteiger partial charge in [0.1, 0.15) is 0 Å². The van der Waals surface area contributed by atoms with Gasteiger partial charge in [0.2, 0.25) is 0 Å². The molecular formula is C21H24N2O2. The summed E-state index contributed by atoms with van der Waals surface area (Å²) in [5.74, 6) is -0.576. The molecule has 4 nitrogen and oxygen atoms in total. The number of hydrogen-bond acceptors (Lipinski definition) is 3. The molecule has 1 N–H and O–H groups in total. The minimum Gasteiger partial charge on any atom is -0.478 e. The molecule has 1 aromatic heterocycles. The second kappa shape index (κ2) is 5.80. The molecule has 0 unspecified atom stereocenters. The average Bonchev–Trinajstić information content (AvgIpc) is 2.58. The lowest BCUT2D eigenvalue weighted by Gasteiger charge is -2.42. The van der Waals surface area contributed by atoms with Gasteiger partial charge in [0.15, 0.2) is 5.82 Å². The Morgan fingerprint density at radius 2 is 1.56 bits per heavy atom. The van der Waals surface area contributed by atoms with E-state index in [1.165, 1.54) is 29.9 Å². The van der Waals surface area contributed by atoms with Crippen molar-refractivity contribution in [3.63, 3.8) is 0 Å². The highest BCUT2D eigenvalue weighted by atomic mass is 16.4. The van der Waals surface area contributed by atoms with Crippen LogP contribution in [0.25, 0.3) is 5.57 Å². The number of aromatic nitrogens is 2. The molecule has 130 valence electrons. The Balaban J connectivity index is 2.01. The predicted molar refractivity (Wildman–Crippen MR) is 98.9 cm³/mol. The van der Waals surface area contributed by atoms with E-state index in [1.807, 2.05) is 0 Å². The van der Waals surface area contributed by atoms with Crippen LogP contribution in [0.4, 0.5) is 0 Å². The molecule has 0 amide bonds. The first-order chi connectivity index (χ1) is 11.6. The lowest BCUT2D eigenvalue weighted by molar-refractivity contribution is 0.0696. The first kappa shape index (κ1) is 17.3. The number of benzene rings is 1. The molecule has 4 heteroatoms. The van der Waals surface area contributed by atoms with Crippen LogP contribution in [0.3, 0.4) is 0 Å². The highest BCUT2D eigenvalue weighted by Gasteiger charge is 2.37. The Bertz CT molecular complexity index is 849. The van der Waals surface area contributed by atoms with Gasteiger partial charge in [-0.25, -0.2) is 14.8 Å². The van der Waals surface area contributed by atoms with Gasteiger partial charge >= 0.3 is 5.97 Å². The molecule has 2 aromatic rings. The van der Waals surface area contributed by atoms with Gasteiger partial charge in [-0.3, -0.25) is 0 Å². The largest absolute Gasteiger partial charge is 0.478 e. The van der Waals surface area contributed by atoms with E-state index in [2.05, 4.69) is 62.4 Å². The maximum atomic E-state index is 10.9. The molecule has 0 fully saturated rings. The van der Waals surface area contributed by atoms with Crippen LogP contribution in [0.15, 0.2) is 37.2 Å². The van der Waals surface area contributed by atoms with Crippen LogP contribution in [-0.2, 0) is 10.8 Å². The molecule has 1 heterocycles. The quantitative estimate of drug-likeness (QED) is 0.891. The van der Waals surface area contributed by atoms with Crippen molar-refractivity contribution >= 4 is 11.5 Å². The summed E-state index contributed by atoms with van der Waals surface area (Å²) in [6, 6.07) is 6.47. The molecule has 0 radical (unpaired) electrons. The number of carboxylic acid groups (broad SMARTS) is 1. The average molecular weight is 336 g/mol. The fraction of sp³-hybridized carbons (Fsp3) is 0.381. The SMILES string of the molecule is C=C(c1ccc2c(c1)C(C)(C)CCC2(C)C)c1ncc(C(=O)O)cn1. The van der Waals surface area contributed by atoms with Crippen LogP contribution in [0.2, 0.25) is 0 Å². The van der Waals surface area contributed by atoms with Gasteiger partial charge in [0.25, 0.3) is 0 Å². The van der Waals surface area contributed by atoms with Gasteiger partial charge in [0.05, 0.1) is 5.56 Å². The number of carboxylic acids is 1. The van der Waals surface area contributed by atoms with E-state index >= 15 is 0 Å². The smallest absolute Gasteiger partial charge is 0.338 e. The Kier molecular flexibility index (Phi) is 4.02. The normalized spacial score (nSPS) is 17.6. The van der Waals surface area contributed by atoms with E-state index in [-0.39, 0.29) is 16.4 Å². The molecule has 0 atom stereocenters. The summed E-state index contributed by atoms with van der Waals surface area (Å²) in [5, 5.41) is 8.97. The summed E-state index contributed by atoms with van der Waals surface area (Å²) in [7, 11) is 0. The zero-order valence-electron chi connectivity index (χ0n) is 15.3. The molecule has 1 aliphatic carbocycles. The molecule has 0 aliphatic heterocycles. The molecule has 1 aliphatic rings. The minimum absolute atomic E-state index is 0.0740. The zero-order valence-corrected chi connectivity index (χ0v) is 15.3. The summed E-state index contributed by atoms with van der Waals surface area (Å²) in [6.45, 7) is 13.3. The van der Waals surface area contributed by atoms with Crippen molar-refractivity contribution in [3.05, 3.63) is 65.2 Å². The predicted octanol–water partition coefficient (Wildman–Crippen LogP) is 4.59. The molecule has 1 aromatic carbocycles.